The summed E-state index contributed by atoms with van der Waals surface area (Å²) in [4.78, 5) is 30.4. The van der Waals surface area contributed by atoms with E-state index in [1.807, 2.05) is 6.92 Å². The number of carbonyl (C=O) groups excluding carboxylic acids is 2. The maximum Gasteiger partial charge on any atom is 0.261 e. The van der Waals surface area contributed by atoms with Gasteiger partial charge in [0.25, 0.3) is 11.8 Å². The summed E-state index contributed by atoms with van der Waals surface area (Å²) >= 11 is 1.79. The molecule has 6 nitrogen and oxygen atoms in total. The molecule has 0 aromatic heterocycles. The monoisotopic (exact) mass is 362 g/mol. The number of fused-ring (bicyclic) bond motifs is 1. The molecule has 1 aliphatic heterocycles. The third-order valence-electron chi connectivity index (χ3n) is 3.88. The Bertz CT molecular complexity index is 598. The number of carbonyl (C=O) groups is 2. The maximum atomic E-state index is 12.3. The molecule has 2 amide bonds. The molecule has 136 valence electrons. The van der Waals surface area contributed by atoms with E-state index in [1.165, 1.54) is 4.90 Å². The number of guanidine groups is 1. The summed E-state index contributed by atoms with van der Waals surface area (Å²) in [5.74, 6) is 1.48. The van der Waals surface area contributed by atoms with E-state index in [2.05, 4.69) is 21.9 Å². The Kier molecular flexibility index (Phi) is 7.78. The largest absolute Gasteiger partial charge is 0.357 e. The molecule has 0 saturated carbocycles. The highest BCUT2D eigenvalue weighted by molar-refractivity contribution is 7.98. The van der Waals surface area contributed by atoms with Crippen LogP contribution < -0.4 is 10.6 Å². The van der Waals surface area contributed by atoms with E-state index in [0.717, 1.165) is 37.6 Å². The summed E-state index contributed by atoms with van der Waals surface area (Å²) in [6.07, 6.45) is 3.65. The standard InChI is InChI=1S/C18H26N4O2S/c1-3-19-18(21-11-13-25-2)20-10-6-7-12-22-16(23)14-8-4-5-9-15(14)17(22)24/h4-5,8-9H,3,6-7,10-13H2,1-2H3,(H2,19,20,21). The molecule has 0 aliphatic carbocycles. The molecule has 0 saturated heterocycles. The van der Waals surface area contributed by atoms with Crippen LogP contribution in [0.2, 0.25) is 0 Å². The maximum absolute atomic E-state index is 12.3. The van der Waals surface area contributed by atoms with Crippen molar-refractivity contribution in [3.63, 3.8) is 0 Å². The van der Waals surface area contributed by atoms with Gasteiger partial charge in [0.15, 0.2) is 5.96 Å². The van der Waals surface area contributed by atoms with Crippen LogP contribution in [0.15, 0.2) is 29.3 Å². The van der Waals surface area contributed by atoms with Crippen molar-refractivity contribution < 1.29 is 9.59 Å². The van der Waals surface area contributed by atoms with Gasteiger partial charge >= 0.3 is 0 Å². The van der Waals surface area contributed by atoms with Crippen molar-refractivity contribution >= 4 is 29.5 Å². The van der Waals surface area contributed by atoms with E-state index in [9.17, 15) is 9.59 Å². The number of unbranched alkanes of at least 4 members (excludes halogenated alkanes) is 1. The molecule has 1 aromatic carbocycles. The number of hydrogen-bond donors (Lipinski definition) is 2. The van der Waals surface area contributed by atoms with Gasteiger partial charge in [-0.3, -0.25) is 19.5 Å². The van der Waals surface area contributed by atoms with Crippen LogP contribution in [0.25, 0.3) is 0 Å². The highest BCUT2D eigenvalue weighted by atomic mass is 32.2. The first kappa shape index (κ1) is 19.3. The smallest absolute Gasteiger partial charge is 0.261 e. The summed E-state index contributed by atoms with van der Waals surface area (Å²) in [5.41, 5.74) is 1.02. The second kappa shape index (κ2) is 10.1. The van der Waals surface area contributed by atoms with Crippen LogP contribution in [0.5, 0.6) is 0 Å². The summed E-state index contributed by atoms with van der Waals surface area (Å²) in [6.45, 7) is 4.84. The molecule has 1 aliphatic rings. The summed E-state index contributed by atoms with van der Waals surface area (Å²) in [5, 5.41) is 6.49. The van der Waals surface area contributed by atoms with Crippen molar-refractivity contribution in [2.24, 2.45) is 4.99 Å². The Morgan fingerprint density at radius 1 is 1.12 bits per heavy atom. The lowest BCUT2D eigenvalue weighted by Gasteiger charge is -2.13. The fourth-order valence-corrected chi connectivity index (χ4v) is 2.93. The van der Waals surface area contributed by atoms with Gasteiger partial charge < -0.3 is 10.6 Å². The van der Waals surface area contributed by atoms with E-state index in [-0.39, 0.29) is 11.8 Å². The van der Waals surface area contributed by atoms with E-state index in [1.54, 1.807) is 36.0 Å². The van der Waals surface area contributed by atoms with Crippen LogP contribution in [-0.4, -0.2) is 60.9 Å². The molecular weight excluding hydrogens is 336 g/mol. The SMILES string of the molecule is CCNC(=NCCCCN1C(=O)c2ccccc2C1=O)NCCSC. The number of benzene rings is 1. The van der Waals surface area contributed by atoms with Crippen LogP contribution in [0, 0.1) is 0 Å². The fraction of sp³-hybridized carbons (Fsp3) is 0.500. The van der Waals surface area contributed by atoms with Crippen LogP contribution in [0.4, 0.5) is 0 Å². The minimum absolute atomic E-state index is 0.184. The Balaban J connectivity index is 1.76. The molecule has 0 atom stereocenters. The van der Waals surface area contributed by atoms with Gasteiger partial charge in [-0.1, -0.05) is 12.1 Å². The lowest BCUT2D eigenvalue weighted by molar-refractivity contribution is 0.0652. The molecule has 2 N–H and O–H groups in total. The first-order chi connectivity index (χ1) is 12.2. The molecule has 0 bridgehead atoms. The van der Waals surface area contributed by atoms with Gasteiger partial charge in [0.2, 0.25) is 0 Å². The van der Waals surface area contributed by atoms with Crippen LogP contribution in [-0.2, 0) is 0 Å². The van der Waals surface area contributed by atoms with Crippen LogP contribution in [0.1, 0.15) is 40.5 Å². The van der Waals surface area contributed by atoms with Crippen molar-refractivity contribution in [1.29, 1.82) is 0 Å². The molecule has 7 heteroatoms. The number of thioether (sulfide) groups is 1. The third-order valence-corrected chi connectivity index (χ3v) is 4.49. The molecule has 1 aromatic rings. The zero-order chi connectivity index (χ0) is 18.1. The molecule has 0 fully saturated rings. The molecular formula is C18H26N4O2S. The minimum Gasteiger partial charge on any atom is -0.357 e. The highest BCUT2D eigenvalue weighted by Crippen LogP contribution is 2.22. The predicted molar refractivity (Wildman–Crippen MR) is 103 cm³/mol. The third kappa shape index (κ3) is 5.22. The summed E-state index contributed by atoms with van der Waals surface area (Å²) in [6, 6.07) is 6.99. The Morgan fingerprint density at radius 3 is 2.40 bits per heavy atom. The number of nitrogens with zero attached hydrogens (tertiary/aromatic N) is 2. The second-order valence-corrected chi connectivity index (χ2v) is 6.68. The number of rotatable bonds is 9. The van der Waals surface area contributed by atoms with Crippen LogP contribution in [0.3, 0.4) is 0 Å². The number of amides is 2. The number of hydrogen-bond acceptors (Lipinski definition) is 4. The van der Waals surface area contributed by atoms with Gasteiger partial charge in [-0.05, 0) is 38.2 Å². The molecule has 1 heterocycles. The van der Waals surface area contributed by atoms with E-state index < -0.39 is 0 Å². The number of imide groups is 1. The normalized spacial score (nSPS) is 14.0. The van der Waals surface area contributed by atoms with Crippen molar-refractivity contribution in [2.75, 3.05) is 38.2 Å². The first-order valence-corrected chi connectivity index (χ1v) is 10.0. The lowest BCUT2D eigenvalue weighted by Crippen LogP contribution is -2.38. The van der Waals surface area contributed by atoms with E-state index in [4.69, 9.17) is 0 Å². The molecule has 0 radical (unpaired) electrons. The highest BCUT2D eigenvalue weighted by Gasteiger charge is 2.34. The Labute approximate surface area is 153 Å². The van der Waals surface area contributed by atoms with E-state index >= 15 is 0 Å². The first-order valence-electron chi connectivity index (χ1n) is 8.65. The fourth-order valence-electron chi connectivity index (χ4n) is 2.63. The van der Waals surface area contributed by atoms with Gasteiger partial charge in [-0.15, -0.1) is 0 Å². The number of nitrogens with one attached hydrogen (secondary N) is 2. The average Bonchev–Trinajstić information content (AvgIpc) is 2.86. The second-order valence-electron chi connectivity index (χ2n) is 5.69. The van der Waals surface area contributed by atoms with Gasteiger partial charge in [0.1, 0.15) is 0 Å². The van der Waals surface area contributed by atoms with Gasteiger partial charge in [-0.25, -0.2) is 0 Å². The van der Waals surface area contributed by atoms with Crippen LogP contribution >= 0.6 is 11.8 Å². The van der Waals surface area contributed by atoms with Crippen molar-refractivity contribution in [3.8, 4) is 0 Å². The van der Waals surface area contributed by atoms with Gasteiger partial charge in [0.05, 0.1) is 11.1 Å². The summed E-state index contributed by atoms with van der Waals surface area (Å²) < 4.78 is 0. The lowest BCUT2D eigenvalue weighted by atomic mass is 10.1. The predicted octanol–water partition coefficient (Wildman–Crippen LogP) is 1.98. The van der Waals surface area contributed by atoms with Crippen molar-refractivity contribution in [3.05, 3.63) is 35.4 Å². The molecule has 0 unspecified atom stereocenters. The summed E-state index contributed by atoms with van der Waals surface area (Å²) in [7, 11) is 0. The molecule has 25 heavy (non-hydrogen) atoms. The van der Waals surface area contributed by atoms with Crippen molar-refractivity contribution in [2.45, 2.75) is 19.8 Å². The van der Waals surface area contributed by atoms with Gasteiger partial charge in [0, 0.05) is 31.9 Å². The molecule has 2 rings (SSSR count). The Morgan fingerprint density at radius 2 is 1.80 bits per heavy atom. The van der Waals surface area contributed by atoms with Crippen molar-refractivity contribution in [1.82, 2.24) is 15.5 Å². The topological polar surface area (TPSA) is 73.8 Å². The van der Waals surface area contributed by atoms with E-state index in [0.29, 0.717) is 24.2 Å². The Hall–Kier alpha value is -2.02. The quantitative estimate of drug-likeness (QED) is 0.304. The average molecular weight is 362 g/mol. The van der Waals surface area contributed by atoms with Gasteiger partial charge in [-0.2, -0.15) is 11.8 Å². The zero-order valence-corrected chi connectivity index (χ0v) is 15.7. The zero-order valence-electron chi connectivity index (χ0n) is 14.9. The number of aliphatic imine (C=N–C) groups is 1. The minimum atomic E-state index is -0.184. The molecule has 0 spiro atoms.